The van der Waals surface area contributed by atoms with Crippen molar-refractivity contribution >= 4 is 17.5 Å². The molecule has 0 aliphatic heterocycles. The lowest BCUT2D eigenvalue weighted by Crippen LogP contribution is -2.29. The zero-order valence-corrected chi connectivity index (χ0v) is 18.8. The number of benzene rings is 1. The molecule has 1 atom stereocenters. The van der Waals surface area contributed by atoms with Crippen molar-refractivity contribution in [2.24, 2.45) is 0 Å². The van der Waals surface area contributed by atoms with Gasteiger partial charge in [0.1, 0.15) is 6.33 Å². The average Bonchev–Trinajstić information content (AvgIpc) is 3.48. The first kappa shape index (κ1) is 25.2. The van der Waals surface area contributed by atoms with Gasteiger partial charge in [-0.25, -0.2) is 14.6 Å². The quantitative estimate of drug-likeness (QED) is 0.366. The summed E-state index contributed by atoms with van der Waals surface area (Å²) in [6, 6.07) is 5.39. The third-order valence-electron chi connectivity index (χ3n) is 4.89. The van der Waals surface area contributed by atoms with Crippen molar-refractivity contribution < 1.29 is 31.1 Å². The molecule has 188 valence electrons. The Labute approximate surface area is 203 Å². The zero-order valence-electron chi connectivity index (χ0n) is 18.0. The minimum Gasteiger partial charge on any atom is -0.342 e. The molecule has 1 aromatic carbocycles. The molecule has 1 N–H and O–H groups in total. The minimum absolute atomic E-state index is 0.195. The van der Waals surface area contributed by atoms with E-state index in [1.807, 2.05) is 0 Å². The largest absolute Gasteiger partial charge is 0.435 e. The van der Waals surface area contributed by atoms with Gasteiger partial charge in [-0.3, -0.25) is 4.79 Å². The predicted molar refractivity (Wildman–Crippen MR) is 114 cm³/mol. The van der Waals surface area contributed by atoms with Crippen LogP contribution in [0.1, 0.15) is 40.4 Å². The number of halogens is 7. The summed E-state index contributed by atoms with van der Waals surface area (Å²) in [7, 11) is 0. The lowest BCUT2D eigenvalue weighted by molar-refractivity contribution is -0.141. The van der Waals surface area contributed by atoms with Gasteiger partial charge in [0.15, 0.2) is 17.3 Å². The van der Waals surface area contributed by atoms with Gasteiger partial charge in [0.25, 0.3) is 5.91 Å². The SMILES string of the molecule is C[C@H](NC(=O)c1cc(Cl)cc(C(F)(F)F)c1)c1ncnn1-c1ccc(-n2ccc(C(F)(F)F)n2)cn1. The van der Waals surface area contributed by atoms with Crippen molar-refractivity contribution in [3.63, 3.8) is 0 Å². The maximum atomic E-state index is 13.1. The second-order valence-corrected chi connectivity index (χ2v) is 7.91. The highest BCUT2D eigenvalue weighted by molar-refractivity contribution is 6.31. The molecule has 0 aliphatic rings. The second-order valence-electron chi connectivity index (χ2n) is 7.47. The predicted octanol–water partition coefficient (Wildman–Crippen LogP) is 5.03. The average molecular weight is 530 g/mol. The van der Waals surface area contributed by atoms with Crippen LogP contribution in [0.3, 0.4) is 0 Å². The molecule has 0 unspecified atom stereocenters. The van der Waals surface area contributed by atoms with Crippen molar-refractivity contribution in [3.8, 4) is 11.5 Å². The van der Waals surface area contributed by atoms with Crippen LogP contribution in [0.5, 0.6) is 0 Å². The maximum Gasteiger partial charge on any atom is 0.435 e. The number of alkyl halides is 6. The lowest BCUT2D eigenvalue weighted by Gasteiger charge is -2.15. The van der Waals surface area contributed by atoms with Crippen molar-refractivity contribution in [3.05, 3.63) is 82.8 Å². The van der Waals surface area contributed by atoms with E-state index in [1.54, 1.807) is 0 Å². The minimum atomic E-state index is -4.69. The van der Waals surface area contributed by atoms with E-state index in [0.29, 0.717) is 12.1 Å². The first-order chi connectivity index (χ1) is 16.8. The summed E-state index contributed by atoms with van der Waals surface area (Å²) >= 11 is 5.75. The van der Waals surface area contributed by atoms with Gasteiger partial charge in [0.2, 0.25) is 0 Å². The van der Waals surface area contributed by atoms with Crippen LogP contribution in [0.2, 0.25) is 5.02 Å². The van der Waals surface area contributed by atoms with Crippen molar-refractivity contribution in [1.82, 2.24) is 34.8 Å². The standard InChI is InChI=1S/C21H14ClF6N7O/c1-11(32-19(36)12-6-13(20(23,24)25)8-14(22)7-12)18-30-10-31-35(18)17-3-2-15(9-29-17)34-5-4-16(33-34)21(26,27)28/h2-11H,1H3,(H,32,36)/t11-/m0/s1. The highest BCUT2D eigenvalue weighted by Crippen LogP contribution is 2.32. The third kappa shape index (κ3) is 5.32. The van der Waals surface area contributed by atoms with Crippen LogP contribution in [0, 0.1) is 0 Å². The molecule has 0 spiro atoms. The molecule has 0 saturated heterocycles. The molecule has 36 heavy (non-hydrogen) atoms. The zero-order chi connectivity index (χ0) is 26.3. The van der Waals surface area contributed by atoms with Gasteiger partial charge in [0.05, 0.1) is 23.5 Å². The van der Waals surface area contributed by atoms with Crippen LogP contribution in [-0.4, -0.2) is 35.4 Å². The number of carbonyl (C=O) groups is 1. The van der Waals surface area contributed by atoms with Gasteiger partial charge >= 0.3 is 12.4 Å². The van der Waals surface area contributed by atoms with Crippen molar-refractivity contribution in [2.75, 3.05) is 0 Å². The highest BCUT2D eigenvalue weighted by Gasteiger charge is 2.34. The number of carbonyl (C=O) groups excluding carboxylic acids is 1. The summed E-state index contributed by atoms with van der Waals surface area (Å²) in [6.07, 6.45) is -5.69. The van der Waals surface area contributed by atoms with E-state index in [0.717, 1.165) is 23.0 Å². The molecule has 4 aromatic rings. The smallest absolute Gasteiger partial charge is 0.342 e. The van der Waals surface area contributed by atoms with E-state index in [9.17, 15) is 31.1 Å². The van der Waals surface area contributed by atoms with Crippen LogP contribution >= 0.6 is 11.6 Å². The van der Waals surface area contributed by atoms with E-state index < -0.39 is 35.6 Å². The molecule has 3 aromatic heterocycles. The van der Waals surface area contributed by atoms with E-state index in [4.69, 9.17) is 11.6 Å². The second kappa shape index (κ2) is 9.26. The van der Waals surface area contributed by atoms with Crippen LogP contribution in [0.25, 0.3) is 11.5 Å². The summed E-state index contributed by atoms with van der Waals surface area (Å²) < 4.78 is 79.8. The Morgan fingerprint density at radius 3 is 2.39 bits per heavy atom. The van der Waals surface area contributed by atoms with Crippen LogP contribution < -0.4 is 5.32 Å². The fraction of sp³-hybridized carbons (Fsp3) is 0.190. The van der Waals surface area contributed by atoms with E-state index in [2.05, 4.69) is 25.5 Å². The molecule has 15 heteroatoms. The number of rotatable bonds is 5. The van der Waals surface area contributed by atoms with Crippen molar-refractivity contribution in [1.29, 1.82) is 0 Å². The van der Waals surface area contributed by atoms with Gasteiger partial charge in [0, 0.05) is 16.8 Å². The summed E-state index contributed by atoms with van der Waals surface area (Å²) in [5.74, 6) is -0.412. The topological polar surface area (TPSA) is 90.5 Å². The molecule has 4 rings (SSSR count). The molecular formula is C21H14ClF6N7O. The van der Waals surface area contributed by atoms with Gasteiger partial charge in [-0.15, -0.1) is 0 Å². The fourth-order valence-corrected chi connectivity index (χ4v) is 3.44. The van der Waals surface area contributed by atoms with Crippen LogP contribution in [0.4, 0.5) is 26.3 Å². The molecule has 3 heterocycles. The number of pyridine rings is 1. The summed E-state index contributed by atoms with van der Waals surface area (Å²) in [5, 5.41) is 9.78. The molecule has 8 nitrogen and oxygen atoms in total. The summed E-state index contributed by atoms with van der Waals surface area (Å²) in [4.78, 5) is 20.8. The summed E-state index contributed by atoms with van der Waals surface area (Å²) in [6.45, 7) is 1.53. The van der Waals surface area contributed by atoms with E-state index >= 15 is 0 Å². The van der Waals surface area contributed by atoms with Crippen LogP contribution in [-0.2, 0) is 12.4 Å². The fourth-order valence-electron chi connectivity index (χ4n) is 3.21. The Morgan fingerprint density at radius 1 is 1.03 bits per heavy atom. The molecule has 0 bridgehead atoms. The maximum absolute atomic E-state index is 13.1. The van der Waals surface area contributed by atoms with Gasteiger partial charge in [-0.05, 0) is 43.3 Å². The van der Waals surface area contributed by atoms with Gasteiger partial charge in [-0.1, -0.05) is 11.6 Å². The molecule has 0 saturated carbocycles. The highest BCUT2D eigenvalue weighted by atomic mass is 35.5. The molecular weight excluding hydrogens is 516 g/mol. The first-order valence-electron chi connectivity index (χ1n) is 10.0. The third-order valence-corrected chi connectivity index (χ3v) is 5.11. The Morgan fingerprint density at radius 2 is 1.78 bits per heavy atom. The number of hydrogen-bond donors (Lipinski definition) is 1. The number of nitrogens with zero attached hydrogens (tertiary/aromatic N) is 6. The normalized spacial score (nSPS) is 13.0. The van der Waals surface area contributed by atoms with E-state index in [1.165, 1.54) is 36.3 Å². The molecule has 0 radical (unpaired) electrons. The number of amides is 1. The molecule has 0 fully saturated rings. The first-order valence-corrected chi connectivity index (χ1v) is 10.4. The van der Waals surface area contributed by atoms with E-state index in [-0.39, 0.29) is 27.9 Å². The Kier molecular flexibility index (Phi) is 6.47. The Balaban J connectivity index is 1.53. The number of aromatic nitrogens is 6. The van der Waals surface area contributed by atoms with Gasteiger partial charge in [-0.2, -0.15) is 41.2 Å². The number of hydrogen-bond acceptors (Lipinski definition) is 5. The molecule has 1 amide bonds. The molecule has 0 aliphatic carbocycles. The summed E-state index contributed by atoms with van der Waals surface area (Å²) in [5.41, 5.74) is -2.18. The monoisotopic (exact) mass is 529 g/mol. The lowest BCUT2D eigenvalue weighted by atomic mass is 10.1. The Bertz CT molecular complexity index is 1390. The van der Waals surface area contributed by atoms with Crippen molar-refractivity contribution in [2.45, 2.75) is 25.3 Å². The van der Waals surface area contributed by atoms with Crippen LogP contribution in [0.15, 0.2) is 55.1 Å². The van der Waals surface area contributed by atoms with Gasteiger partial charge < -0.3 is 5.32 Å². The Hall–Kier alpha value is -3.94. The number of nitrogens with one attached hydrogen (secondary N) is 1.